The summed E-state index contributed by atoms with van der Waals surface area (Å²) in [6.45, 7) is 0. The Kier molecular flexibility index (Phi) is 3.60. The van der Waals surface area contributed by atoms with Gasteiger partial charge in [-0.1, -0.05) is 30.4 Å². The molecule has 2 nitrogen and oxygen atoms in total. The Balaban J connectivity index is 2.12. The van der Waals surface area contributed by atoms with Crippen molar-refractivity contribution in [1.82, 2.24) is 0 Å². The van der Waals surface area contributed by atoms with Crippen LogP contribution in [0.1, 0.15) is 25.7 Å². The molecule has 0 fully saturated rings. The highest BCUT2D eigenvalue weighted by Crippen LogP contribution is 2.36. The number of hydrogen-bond acceptors (Lipinski definition) is 2. The van der Waals surface area contributed by atoms with Crippen LogP contribution in [0, 0.1) is 11.8 Å². The summed E-state index contributed by atoms with van der Waals surface area (Å²) in [5.74, 6) is 0.712. The van der Waals surface area contributed by atoms with E-state index in [0.717, 1.165) is 19.3 Å². The second-order valence-electron chi connectivity index (χ2n) is 4.40. The quantitative estimate of drug-likeness (QED) is 0.526. The molecular weight excluding hydrogens is 200 g/mol. The molecule has 2 heteroatoms. The van der Waals surface area contributed by atoms with E-state index in [2.05, 4.69) is 30.4 Å². The number of fused-ring (bicyclic) bond motifs is 1. The molecule has 16 heavy (non-hydrogen) atoms. The number of rotatable bonds is 2. The molecule has 2 rings (SSSR count). The minimum atomic E-state index is -0.106. The molecule has 0 radical (unpaired) electrons. The second-order valence-corrected chi connectivity index (χ2v) is 4.40. The summed E-state index contributed by atoms with van der Waals surface area (Å²) in [4.78, 5) is 11.4. The Morgan fingerprint density at radius 2 is 2.38 bits per heavy atom. The fourth-order valence-corrected chi connectivity index (χ4v) is 2.56. The largest absolute Gasteiger partial charge is 0.469 e. The van der Waals surface area contributed by atoms with E-state index < -0.39 is 0 Å². The standard InChI is InChI=1S/C14H18O2/c1-16-14(15)10-12-7-4-2-3-6-11-8-5-9-13(11)12/h3-4,6-8,12-13H,2,5,9-10H2,1H3/b6-3-,7-4-. The van der Waals surface area contributed by atoms with Gasteiger partial charge in [0, 0.05) is 0 Å². The molecule has 0 saturated heterocycles. The number of methoxy groups -OCH3 is 1. The van der Waals surface area contributed by atoms with Crippen LogP contribution in [-0.2, 0) is 9.53 Å². The van der Waals surface area contributed by atoms with Gasteiger partial charge in [-0.2, -0.15) is 0 Å². The van der Waals surface area contributed by atoms with Crippen LogP contribution < -0.4 is 0 Å². The van der Waals surface area contributed by atoms with Crippen LogP contribution in [0.4, 0.5) is 0 Å². The minimum Gasteiger partial charge on any atom is -0.469 e. The van der Waals surface area contributed by atoms with E-state index in [1.807, 2.05) is 0 Å². The van der Waals surface area contributed by atoms with Gasteiger partial charge in [-0.3, -0.25) is 4.79 Å². The predicted octanol–water partition coefficient (Wildman–Crippen LogP) is 3.02. The Morgan fingerprint density at radius 3 is 3.19 bits per heavy atom. The highest BCUT2D eigenvalue weighted by molar-refractivity contribution is 5.70. The molecule has 0 heterocycles. The summed E-state index contributed by atoms with van der Waals surface area (Å²) in [5, 5.41) is 0. The van der Waals surface area contributed by atoms with Crippen molar-refractivity contribution in [2.24, 2.45) is 11.8 Å². The van der Waals surface area contributed by atoms with Crippen LogP contribution in [0.2, 0.25) is 0 Å². The number of ether oxygens (including phenoxy) is 1. The summed E-state index contributed by atoms with van der Waals surface area (Å²) in [7, 11) is 1.46. The Morgan fingerprint density at radius 1 is 1.50 bits per heavy atom. The summed E-state index contributed by atoms with van der Waals surface area (Å²) in [5.41, 5.74) is 1.40. The molecule has 86 valence electrons. The molecule has 0 saturated carbocycles. The van der Waals surface area contributed by atoms with E-state index in [1.165, 1.54) is 12.7 Å². The molecule has 2 unspecified atom stereocenters. The third-order valence-electron chi connectivity index (χ3n) is 3.40. The zero-order valence-corrected chi connectivity index (χ0v) is 9.69. The smallest absolute Gasteiger partial charge is 0.306 e. The SMILES string of the molecule is COC(=O)CC1/C=C\C/C=C\C2=CCCC21. The van der Waals surface area contributed by atoms with Crippen molar-refractivity contribution in [3.05, 3.63) is 36.0 Å². The lowest BCUT2D eigenvalue weighted by Crippen LogP contribution is -2.17. The lowest BCUT2D eigenvalue weighted by atomic mass is 9.83. The van der Waals surface area contributed by atoms with Crippen molar-refractivity contribution in [2.75, 3.05) is 7.11 Å². The van der Waals surface area contributed by atoms with Gasteiger partial charge in [0.2, 0.25) is 0 Å². The highest BCUT2D eigenvalue weighted by Gasteiger charge is 2.27. The maximum Gasteiger partial charge on any atom is 0.306 e. The fourth-order valence-electron chi connectivity index (χ4n) is 2.56. The van der Waals surface area contributed by atoms with E-state index in [4.69, 9.17) is 4.74 Å². The third-order valence-corrected chi connectivity index (χ3v) is 3.40. The molecule has 0 bridgehead atoms. The highest BCUT2D eigenvalue weighted by atomic mass is 16.5. The van der Waals surface area contributed by atoms with Crippen LogP contribution in [0.15, 0.2) is 36.0 Å². The molecule has 2 atom stereocenters. The van der Waals surface area contributed by atoms with Crippen molar-refractivity contribution in [1.29, 1.82) is 0 Å². The molecule has 0 amide bonds. The van der Waals surface area contributed by atoms with Crippen LogP contribution >= 0.6 is 0 Å². The topological polar surface area (TPSA) is 26.3 Å². The van der Waals surface area contributed by atoms with Crippen LogP contribution in [0.3, 0.4) is 0 Å². The molecule has 0 aliphatic heterocycles. The van der Waals surface area contributed by atoms with E-state index in [9.17, 15) is 4.79 Å². The lowest BCUT2D eigenvalue weighted by Gasteiger charge is -2.22. The molecule has 2 aliphatic carbocycles. The number of carbonyl (C=O) groups excluding carboxylic acids is 1. The number of esters is 1. The van der Waals surface area contributed by atoms with Gasteiger partial charge < -0.3 is 4.74 Å². The Labute approximate surface area is 96.7 Å². The van der Waals surface area contributed by atoms with Crippen molar-refractivity contribution in [3.63, 3.8) is 0 Å². The van der Waals surface area contributed by atoms with Gasteiger partial charge in [-0.25, -0.2) is 0 Å². The molecular formula is C14H18O2. The zero-order valence-electron chi connectivity index (χ0n) is 9.69. The summed E-state index contributed by atoms with van der Waals surface area (Å²) in [6, 6.07) is 0. The Bertz CT molecular complexity index is 350. The maximum absolute atomic E-state index is 11.4. The van der Waals surface area contributed by atoms with Crippen molar-refractivity contribution in [2.45, 2.75) is 25.7 Å². The zero-order chi connectivity index (χ0) is 11.4. The van der Waals surface area contributed by atoms with Crippen LogP contribution in [0.25, 0.3) is 0 Å². The number of carbonyl (C=O) groups is 1. The van der Waals surface area contributed by atoms with Crippen LogP contribution in [0.5, 0.6) is 0 Å². The Hall–Kier alpha value is -1.31. The average Bonchev–Trinajstić information content (AvgIpc) is 2.71. The first-order valence-electron chi connectivity index (χ1n) is 5.91. The lowest BCUT2D eigenvalue weighted by molar-refractivity contribution is -0.141. The van der Waals surface area contributed by atoms with Crippen molar-refractivity contribution in [3.8, 4) is 0 Å². The molecule has 0 N–H and O–H groups in total. The fraction of sp³-hybridized carbons (Fsp3) is 0.500. The summed E-state index contributed by atoms with van der Waals surface area (Å²) >= 11 is 0. The molecule has 0 spiro atoms. The molecule has 0 aromatic heterocycles. The van der Waals surface area contributed by atoms with Crippen LogP contribution in [-0.4, -0.2) is 13.1 Å². The molecule has 2 aliphatic rings. The predicted molar refractivity (Wildman–Crippen MR) is 63.8 cm³/mol. The van der Waals surface area contributed by atoms with E-state index in [-0.39, 0.29) is 5.97 Å². The first-order chi connectivity index (χ1) is 7.81. The van der Waals surface area contributed by atoms with Gasteiger partial charge in [-0.05, 0) is 36.7 Å². The third kappa shape index (κ3) is 2.43. The first kappa shape index (κ1) is 11.2. The van der Waals surface area contributed by atoms with Gasteiger partial charge in [0.25, 0.3) is 0 Å². The second kappa shape index (κ2) is 5.15. The van der Waals surface area contributed by atoms with Gasteiger partial charge >= 0.3 is 5.97 Å². The van der Waals surface area contributed by atoms with Gasteiger partial charge in [0.05, 0.1) is 13.5 Å². The van der Waals surface area contributed by atoms with E-state index in [0.29, 0.717) is 18.3 Å². The van der Waals surface area contributed by atoms with E-state index >= 15 is 0 Å². The minimum absolute atomic E-state index is 0.106. The maximum atomic E-state index is 11.4. The summed E-state index contributed by atoms with van der Waals surface area (Å²) < 4.78 is 4.76. The van der Waals surface area contributed by atoms with Crippen molar-refractivity contribution < 1.29 is 9.53 Å². The number of hydrogen-bond donors (Lipinski definition) is 0. The van der Waals surface area contributed by atoms with Crippen molar-refractivity contribution >= 4 is 5.97 Å². The van der Waals surface area contributed by atoms with Gasteiger partial charge in [0.1, 0.15) is 0 Å². The van der Waals surface area contributed by atoms with Gasteiger partial charge in [-0.15, -0.1) is 0 Å². The summed E-state index contributed by atoms with van der Waals surface area (Å²) in [6.07, 6.45) is 14.8. The van der Waals surface area contributed by atoms with Gasteiger partial charge in [0.15, 0.2) is 0 Å². The molecule has 0 aromatic carbocycles. The number of allylic oxidation sites excluding steroid dienone is 6. The normalized spacial score (nSPS) is 31.9. The monoisotopic (exact) mass is 218 g/mol. The first-order valence-corrected chi connectivity index (χ1v) is 5.91. The average molecular weight is 218 g/mol. The van der Waals surface area contributed by atoms with E-state index in [1.54, 1.807) is 0 Å². The molecule has 0 aromatic rings.